The number of carbonyl (C=O) groups is 1. The van der Waals surface area contributed by atoms with Crippen molar-refractivity contribution in [2.24, 2.45) is 5.92 Å². The van der Waals surface area contributed by atoms with E-state index in [1.165, 1.54) is 7.05 Å². The highest BCUT2D eigenvalue weighted by Crippen LogP contribution is 2.18. The van der Waals surface area contributed by atoms with E-state index in [1.807, 2.05) is 6.92 Å². The summed E-state index contributed by atoms with van der Waals surface area (Å²) in [6, 6.07) is -0.159. The summed E-state index contributed by atoms with van der Waals surface area (Å²) in [5, 5.41) is 2.85. The molecule has 0 aromatic carbocycles. The standard InChI is InChI=1S/C15H25N5O3S/c1-12-8-18-14(19-9-12)5-6-17-15(21)20-7-3-4-13(10-20)11-24(22,23)16-2/h8-9,13,16H,3-7,10-11H2,1-2H3,(H,17,21). The molecule has 0 spiro atoms. The second-order valence-corrected chi connectivity index (χ2v) is 8.07. The number of sulfonamides is 1. The van der Waals surface area contributed by atoms with Crippen molar-refractivity contribution in [1.82, 2.24) is 24.9 Å². The number of hydrogen-bond donors (Lipinski definition) is 2. The third-order valence-electron chi connectivity index (χ3n) is 4.03. The summed E-state index contributed by atoms with van der Waals surface area (Å²) < 4.78 is 25.6. The summed E-state index contributed by atoms with van der Waals surface area (Å²) in [6.45, 7) is 3.50. The topological polar surface area (TPSA) is 104 Å². The highest BCUT2D eigenvalue weighted by atomic mass is 32.2. The Morgan fingerprint density at radius 2 is 2.08 bits per heavy atom. The maximum atomic E-state index is 12.2. The van der Waals surface area contributed by atoms with Gasteiger partial charge in [0.15, 0.2) is 0 Å². The number of amides is 2. The number of hydrogen-bond acceptors (Lipinski definition) is 5. The lowest BCUT2D eigenvalue weighted by Crippen LogP contribution is -2.47. The molecule has 0 saturated carbocycles. The van der Waals surface area contributed by atoms with Crippen LogP contribution >= 0.6 is 0 Å². The van der Waals surface area contributed by atoms with Crippen LogP contribution in [0.1, 0.15) is 24.2 Å². The molecule has 1 unspecified atom stereocenters. The number of carbonyl (C=O) groups excluding carboxylic acids is 1. The third kappa shape index (κ3) is 5.72. The van der Waals surface area contributed by atoms with Crippen LogP contribution in [0, 0.1) is 12.8 Å². The van der Waals surface area contributed by atoms with Crippen LogP contribution in [-0.2, 0) is 16.4 Å². The van der Waals surface area contributed by atoms with Crippen LogP contribution in [0.25, 0.3) is 0 Å². The Bertz CT molecular complexity index is 648. The molecular formula is C15H25N5O3S. The molecule has 1 aliphatic rings. The van der Waals surface area contributed by atoms with Gasteiger partial charge in [-0.1, -0.05) is 0 Å². The minimum atomic E-state index is -3.25. The zero-order valence-corrected chi connectivity index (χ0v) is 15.0. The molecule has 1 fully saturated rings. The molecule has 1 aromatic heterocycles. The van der Waals surface area contributed by atoms with Gasteiger partial charge in [0, 0.05) is 38.4 Å². The van der Waals surface area contributed by atoms with Gasteiger partial charge >= 0.3 is 6.03 Å². The summed E-state index contributed by atoms with van der Waals surface area (Å²) in [6.07, 6.45) is 5.71. The molecule has 9 heteroatoms. The lowest BCUT2D eigenvalue weighted by Gasteiger charge is -2.32. The van der Waals surface area contributed by atoms with Crippen LogP contribution in [0.4, 0.5) is 4.79 Å². The zero-order valence-electron chi connectivity index (χ0n) is 14.2. The first-order valence-electron chi connectivity index (χ1n) is 8.11. The molecule has 1 saturated heterocycles. The summed E-state index contributed by atoms with van der Waals surface area (Å²) >= 11 is 0. The number of nitrogens with one attached hydrogen (secondary N) is 2. The number of piperidine rings is 1. The van der Waals surface area contributed by atoms with Crippen LogP contribution < -0.4 is 10.0 Å². The average Bonchev–Trinajstić information content (AvgIpc) is 2.56. The van der Waals surface area contributed by atoms with Gasteiger partial charge in [-0.15, -0.1) is 0 Å². The second-order valence-electron chi connectivity index (χ2n) is 6.10. The molecule has 0 bridgehead atoms. The molecule has 24 heavy (non-hydrogen) atoms. The number of likely N-dealkylation sites (tertiary alicyclic amines) is 1. The Morgan fingerprint density at radius 1 is 1.38 bits per heavy atom. The first-order valence-corrected chi connectivity index (χ1v) is 9.76. The van der Waals surface area contributed by atoms with Gasteiger partial charge in [0.1, 0.15) is 5.82 Å². The van der Waals surface area contributed by atoms with Crippen molar-refractivity contribution < 1.29 is 13.2 Å². The van der Waals surface area contributed by atoms with Gasteiger partial charge in [-0.2, -0.15) is 0 Å². The molecule has 1 atom stereocenters. The van der Waals surface area contributed by atoms with E-state index in [1.54, 1.807) is 17.3 Å². The Labute approximate surface area is 143 Å². The Balaban J connectivity index is 1.78. The zero-order chi connectivity index (χ0) is 17.6. The number of aryl methyl sites for hydroxylation is 1. The summed E-state index contributed by atoms with van der Waals surface area (Å²) in [5.74, 6) is 0.727. The highest BCUT2D eigenvalue weighted by Gasteiger charge is 2.26. The van der Waals surface area contributed by atoms with Gasteiger partial charge < -0.3 is 10.2 Å². The predicted octanol–water partition coefficient (Wildman–Crippen LogP) is 0.298. The Kier molecular flexibility index (Phi) is 6.50. The molecule has 2 heterocycles. The average molecular weight is 355 g/mol. The van der Waals surface area contributed by atoms with E-state index in [0.29, 0.717) is 31.9 Å². The second kappa shape index (κ2) is 8.39. The number of nitrogens with zero attached hydrogens (tertiary/aromatic N) is 3. The van der Waals surface area contributed by atoms with Crippen molar-refractivity contribution in [3.8, 4) is 0 Å². The van der Waals surface area contributed by atoms with Gasteiger partial charge in [0.05, 0.1) is 5.75 Å². The van der Waals surface area contributed by atoms with Crippen molar-refractivity contribution in [2.75, 3.05) is 32.4 Å². The molecule has 1 aliphatic heterocycles. The lowest BCUT2D eigenvalue weighted by molar-refractivity contribution is 0.170. The van der Waals surface area contributed by atoms with E-state index in [-0.39, 0.29) is 17.7 Å². The van der Waals surface area contributed by atoms with Crippen LogP contribution in [0.3, 0.4) is 0 Å². The molecule has 134 valence electrons. The predicted molar refractivity (Wildman–Crippen MR) is 91.0 cm³/mol. The molecule has 1 aromatic rings. The molecule has 0 aliphatic carbocycles. The Morgan fingerprint density at radius 3 is 2.75 bits per heavy atom. The van der Waals surface area contributed by atoms with E-state index in [2.05, 4.69) is 20.0 Å². The van der Waals surface area contributed by atoms with Gasteiger partial charge in [0.25, 0.3) is 0 Å². The van der Waals surface area contributed by atoms with Gasteiger partial charge in [0.2, 0.25) is 10.0 Å². The van der Waals surface area contributed by atoms with Crippen molar-refractivity contribution in [3.63, 3.8) is 0 Å². The maximum absolute atomic E-state index is 12.2. The van der Waals surface area contributed by atoms with Crippen molar-refractivity contribution in [3.05, 3.63) is 23.8 Å². The van der Waals surface area contributed by atoms with Crippen LogP contribution in [0.15, 0.2) is 12.4 Å². The normalized spacial score (nSPS) is 18.4. The number of aromatic nitrogens is 2. The summed E-state index contributed by atoms with van der Waals surface area (Å²) in [5.41, 5.74) is 0.999. The smallest absolute Gasteiger partial charge is 0.317 e. The van der Waals surface area contributed by atoms with E-state index in [9.17, 15) is 13.2 Å². The first kappa shape index (κ1) is 18.6. The fourth-order valence-electron chi connectivity index (χ4n) is 2.72. The van der Waals surface area contributed by atoms with E-state index in [0.717, 1.165) is 18.4 Å². The van der Waals surface area contributed by atoms with Crippen molar-refractivity contribution in [2.45, 2.75) is 26.2 Å². The molecule has 2 rings (SSSR count). The van der Waals surface area contributed by atoms with Gasteiger partial charge in [-0.3, -0.25) is 0 Å². The van der Waals surface area contributed by atoms with E-state index >= 15 is 0 Å². The Hall–Kier alpha value is -1.74. The first-order chi connectivity index (χ1) is 11.4. The third-order valence-corrected chi connectivity index (χ3v) is 5.56. The quantitative estimate of drug-likeness (QED) is 0.764. The van der Waals surface area contributed by atoms with Gasteiger partial charge in [-0.05, 0) is 38.3 Å². The largest absolute Gasteiger partial charge is 0.338 e. The molecule has 8 nitrogen and oxygen atoms in total. The monoisotopic (exact) mass is 355 g/mol. The fraction of sp³-hybridized carbons (Fsp3) is 0.667. The molecule has 2 N–H and O–H groups in total. The summed E-state index contributed by atoms with van der Waals surface area (Å²) in [4.78, 5) is 22.3. The minimum Gasteiger partial charge on any atom is -0.338 e. The fourth-order valence-corrected chi connectivity index (χ4v) is 3.78. The number of urea groups is 1. The maximum Gasteiger partial charge on any atom is 0.317 e. The van der Waals surface area contributed by atoms with Crippen molar-refractivity contribution >= 4 is 16.1 Å². The molecule has 0 radical (unpaired) electrons. The van der Waals surface area contributed by atoms with Crippen LogP contribution in [0.5, 0.6) is 0 Å². The number of rotatable bonds is 6. The van der Waals surface area contributed by atoms with E-state index in [4.69, 9.17) is 0 Å². The molecular weight excluding hydrogens is 330 g/mol. The lowest BCUT2D eigenvalue weighted by atomic mass is 10.0. The molecule has 2 amide bonds. The van der Waals surface area contributed by atoms with Gasteiger partial charge in [-0.25, -0.2) is 27.9 Å². The SMILES string of the molecule is CNS(=O)(=O)CC1CCCN(C(=O)NCCc2ncc(C)cn2)C1. The van der Waals surface area contributed by atoms with E-state index < -0.39 is 10.0 Å². The van der Waals surface area contributed by atoms with Crippen LogP contribution in [0.2, 0.25) is 0 Å². The minimum absolute atomic E-state index is 0.0256. The highest BCUT2D eigenvalue weighted by molar-refractivity contribution is 7.89. The van der Waals surface area contributed by atoms with Crippen molar-refractivity contribution in [1.29, 1.82) is 0 Å². The van der Waals surface area contributed by atoms with Crippen LogP contribution in [-0.4, -0.2) is 61.8 Å². The summed E-state index contributed by atoms with van der Waals surface area (Å²) in [7, 11) is -1.84.